The Morgan fingerprint density at radius 1 is 1.82 bits per heavy atom. The first-order valence-electron chi connectivity index (χ1n) is 3.01. The Bertz CT molecular complexity index is 259. The van der Waals surface area contributed by atoms with Crippen LogP contribution >= 0.6 is 0 Å². The predicted molar refractivity (Wildman–Crippen MR) is 34.7 cm³/mol. The molecule has 1 aromatic rings. The molecule has 1 N–H and O–H groups in total. The molecule has 0 unspecified atom stereocenters. The van der Waals surface area contributed by atoms with Crippen molar-refractivity contribution in [2.24, 2.45) is 0 Å². The van der Waals surface area contributed by atoms with Crippen molar-refractivity contribution in [3.05, 3.63) is 18.0 Å². The van der Waals surface area contributed by atoms with Gasteiger partial charge in [-0.3, -0.25) is 9.48 Å². The minimum absolute atomic E-state index is 0.222. The van der Waals surface area contributed by atoms with Gasteiger partial charge in [-0.1, -0.05) is 0 Å². The van der Waals surface area contributed by atoms with E-state index in [1.165, 1.54) is 17.1 Å². The van der Waals surface area contributed by atoms with Crippen molar-refractivity contribution in [3.8, 4) is 0 Å². The third-order valence-electron chi connectivity index (χ3n) is 1.14. The maximum Gasteiger partial charge on any atom is 0.325 e. The lowest BCUT2D eigenvalue weighted by molar-refractivity contribution is -0.137. The van der Waals surface area contributed by atoms with E-state index in [-0.39, 0.29) is 6.54 Å². The number of hydrogen-bond donors (Lipinski definition) is 1. The average molecular weight is 158 g/mol. The Hall–Kier alpha value is -1.39. The Kier molecular flexibility index (Phi) is 2.20. The van der Waals surface area contributed by atoms with Gasteiger partial charge in [0.2, 0.25) is 0 Å². The van der Waals surface area contributed by atoms with Gasteiger partial charge >= 0.3 is 5.97 Å². The minimum Gasteiger partial charge on any atom is -0.480 e. The summed E-state index contributed by atoms with van der Waals surface area (Å²) in [5, 5.41) is 11.9. The molecule has 0 aromatic carbocycles. The van der Waals surface area contributed by atoms with E-state index in [0.29, 0.717) is 5.56 Å². The van der Waals surface area contributed by atoms with Gasteiger partial charge < -0.3 is 5.11 Å². The Morgan fingerprint density at radius 2 is 2.55 bits per heavy atom. The van der Waals surface area contributed by atoms with Crippen LogP contribution in [0.4, 0.5) is 4.39 Å². The van der Waals surface area contributed by atoms with Gasteiger partial charge in [0.1, 0.15) is 13.2 Å². The number of aliphatic carboxylic acids is 1. The van der Waals surface area contributed by atoms with E-state index in [9.17, 15) is 9.18 Å². The van der Waals surface area contributed by atoms with Crippen molar-refractivity contribution in [2.45, 2.75) is 13.2 Å². The summed E-state index contributed by atoms with van der Waals surface area (Å²) in [7, 11) is 0. The predicted octanol–water partition coefficient (Wildman–Crippen LogP) is 0.437. The highest BCUT2D eigenvalue weighted by molar-refractivity contribution is 5.66. The number of carboxylic acids is 1. The highest BCUT2D eigenvalue weighted by Crippen LogP contribution is 1.98. The zero-order valence-electron chi connectivity index (χ0n) is 5.70. The molecule has 0 aliphatic rings. The number of halogens is 1. The van der Waals surface area contributed by atoms with Crippen LogP contribution in [0.25, 0.3) is 0 Å². The second-order valence-electron chi connectivity index (χ2n) is 2.07. The molecule has 0 aliphatic carbocycles. The zero-order valence-corrected chi connectivity index (χ0v) is 5.70. The molecule has 1 heterocycles. The van der Waals surface area contributed by atoms with Crippen LogP contribution in [0.1, 0.15) is 5.56 Å². The minimum atomic E-state index is -0.987. The lowest BCUT2D eigenvalue weighted by Gasteiger charge is -1.92. The Balaban J connectivity index is 2.65. The molecule has 1 aromatic heterocycles. The van der Waals surface area contributed by atoms with E-state index in [4.69, 9.17) is 5.11 Å². The summed E-state index contributed by atoms with van der Waals surface area (Å²) in [5.41, 5.74) is 0.395. The standard InChI is InChI=1S/C6H7FN2O2/c7-1-5-2-8-9(3-5)4-6(10)11/h2-3H,1,4H2,(H,10,11). The maximum atomic E-state index is 11.9. The second-order valence-corrected chi connectivity index (χ2v) is 2.07. The van der Waals surface area contributed by atoms with Crippen molar-refractivity contribution in [1.82, 2.24) is 9.78 Å². The molecule has 0 radical (unpaired) electrons. The van der Waals surface area contributed by atoms with E-state index in [2.05, 4.69) is 5.10 Å². The zero-order chi connectivity index (χ0) is 8.27. The van der Waals surface area contributed by atoms with Crippen LogP contribution in [0, 0.1) is 0 Å². The van der Waals surface area contributed by atoms with Crippen molar-refractivity contribution in [1.29, 1.82) is 0 Å². The third kappa shape index (κ3) is 2.03. The summed E-state index contributed by atoms with van der Waals surface area (Å²) in [6.07, 6.45) is 2.68. The molecule has 0 saturated heterocycles. The molecule has 0 aliphatic heterocycles. The summed E-state index contributed by atoms with van der Waals surface area (Å²) in [4.78, 5) is 10.1. The van der Waals surface area contributed by atoms with Gasteiger partial charge in [-0.25, -0.2) is 4.39 Å². The molecular formula is C6H7FN2O2. The lowest BCUT2D eigenvalue weighted by Crippen LogP contribution is -2.08. The summed E-state index contributed by atoms with van der Waals surface area (Å²) in [6, 6.07) is 0. The fraction of sp³-hybridized carbons (Fsp3) is 0.333. The molecule has 60 valence electrons. The third-order valence-corrected chi connectivity index (χ3v) is 1.14. The first kappa shape index (κ1) is 7.71. The van der Waals surface area contributed by atoms with Gasteiger partial charge in [0, 0.05) is 11.8 Å². The summed E-state index contributed by atoms with van der Waals surface area (Å²) in [5.74, 6) is -0.987. The van der Waals surface area contributed by atoms with E-state index in [1.54, 1.807) is 0 Å². The molecule has 0 bridgehead atoms. The topological polar surface area (TPSA) is 55.1 Å². The molecule has 0 spiro atoms. The number of rotatable bonds is 3. The summed E-state index contributed by atoms with van der Waals surface area (Å²) in [6.45, 7) is -0.834. The van der Waals surface area contributed by atoms with Crippen LogP contribution in [-0.2, 0) is 18.0 Å². The van der Waals surface area contributed by atoms with Crippen LogP contribution in [-0.4, -0.2) is 20.9 Å². The highest BCUT2D eigenvalue weighted by Gasteiger charge is 2.00. The molecule has 5 heteroatoms. The fourth-order valence-electron chi connectivity index (χ4n) is 0.700. The van der Waals surface area contributed by atoms with Crippen molar-refractivity contribution < 1.29 is 14.3 Å². The monoisotopic (exact) mass is 158 g/mol. The highest BCUT2D eigenvalue weighted by atomic mass is 19.1. The number of aromatic nitrogens is 2. The number of nitrogens with zero attached hydrogens (tertiary/aromatic N) is 2. The largest absolute Gasteiger partial charge is 0.480 e. The smallest absolute Gasteiger partial charge is 0.325 e. The van der Waals surface area contributed by atoms with Crippen LogP contribution in [0.5, 0.6) is 0 Å². The van der Waals surface area contributed by atoms with Crippen molar-refractivity contribution in [3.63, 3.8) is 0 Å². The van der Waals surface area contributed by atoms with Crippen LogP contribution < -0.4 is 0 Å². The molecule has 4 nitrogen and oxygen atoms in total. The van der Waals surface area contributed by atoms with Gasteiger partial charge in [-0.2, -0.15) is 5.10 Å². The van der Waals surface area contributed by atoms with Gasteiger partial charge in [0.15, 0.2) is 0 Å². The summed E-state index contributed by atoms with van der Waals surface area (Å²) < 4.78 is 13.1. The van der Waals surface area contributed by atoms with E-state index in [0.717, 1.165) is 0 Å². The first-order chi connectivity index (χ1) is 5.22. The Labute approximate surface area is 62.3 Å². The molecule has 0 amide bonds. The average Bonchev–Trinajstić information content (AvgIpc) is 2.34. The van der Waals surface area contributed by atoms with Gasteiger partial charge in [0.25, 0.3) is 0 Å². The molecule has 11 heavy (non-hydrogen) atoms. The normalized spacial score (nSPS) is 9.91. The Morgan fingerprint density at radius 3 is 3.00 bits per heavy atom. The maximum absolute atomic E-state index is 11.9. The first-order valence-corrected chi connectivity index (χ1v) is 3.01. The lowest BCUT2D eigenvalue weighted by atomic mass is 10.4. The molecule has 0 saturated carbocycles. The van der Waals surface area contributed by atoms with E-state index >= 15 is 0 Å². The van der Waals surface area contributed by atoms with E-state index < -0.39 is 12.6 Å². The molecule has 0 fully saturated rings. The van der Waals surface area contributed by atoms with Crippen molar-refractivity contribution >= 4 is 5.97 Å². The number of alkyl halides is 1. The van der Waals surface area contributed by atoms with Gasteiger partial charge in [-0.15, -0.1) is 0 Å². The van der Waals surface area contributed by atoms with Crippen LogP contribution in [0.15, 0.2) is 12.4 Å². The van der Waals surface area contributed by atoms with Crippen LogP contribution in [0.3, 0.4) is 0 Å². The van der Waals surface area contributed by atoms with Crippen LogP contribution in [0.2, 0.25) is 0 Å². The number of carboxylic acid groups (broad SMARTS) is 1. The van der Waals surface area contributed by atoms with Crippen molar-refractivity contribution in [2.75, 3.05) is 0 Å². The fourth-order valence-corrected chi connectivity index (χ4v) is 0.700. The number of carbonyl (C=O) groups is 1. The van der Waals surface area contributed by atoms with E-state index in [1.807, 2.05) is 0 Å². The summed E-state index contributed by atoms with van der Waals surface area (Å²) >= 11 is 0. The molecule has 0 atom stereocenters. The quantitative estimate of drug-likeness (QED) is 0.694. The molecule has 1 rings (SSSR count). The number of hydrogen-bond acceptors (Lipinski definition) is 2. The van der Waals surface area contributed by atoms with Gasteiger partial charge in [0.05, 0.1) is 6.20 Å². The molecular weight excluding hydrogens is 151 g/mol. The van der Waals surface area contributed by atoms with Gasteiger partial charge in [-0.05, 0) is 0 Å². The second kappa shape index (κ2) is 3.14. The SMILES string of the molecule is O=C(O)Cn1cc(CF)cn1.